The second-order valence-corrected chi connectivity index (χ2v) is 31.4. The van der Waals surface area contributed by atoms with Gasteiger partial charge in [-0.25, -0.2) is 33.9 Å². The molecule has 0 unspecified atom stereocenters. The standard InChI is InChI=1S/C28H27N7O4.C19H28N3O5.C19H27N3O5.C15H12N4O.C14H19N3O3.Y/c1-3-26(37)30-21-15-22(24(38-2)16-23(21)34-11-13-39-14-12-34)31-28-29-10-9-25(32-28)35-17-20(18-36)27(33-35)19-7-5-4-6-8-19;2*1-6-17(23)20-13-11-14(21-18(24)27-19(2,3)4)16(25-5)12-15(13)22-7-9-26-10-8-22;1-11-16-8-7-14(17-11)19-9-13(10-20)15(18-19)12-5-3-2-4-6-12;1-3-14(18)16-11-8-10(15)13(19-2)9-12(11)17-4-6-20-7-5-17;/h3-10,15-18H,1,11-14H2,2H3,(H,30,37)(H,29,31,32);11-12H,1,6-10H2,2-5H3,(H,20,23)(H,21,24);6,11-12H,1,7-10H2,2-5H3,(H,20,23)(H,21,24);2-10H,1H3;3,8-9H,1,4-7,15H2,2H3,(H,16,18);/q;-1;;;;. The van der Waals surface area contributed by atoms with E-state index in [1.165, 1.54) is 37.1 Å². The maximum Gasteiger partial charge on any atom is 0.412 e. The number of methoxy groups -OCH3 is 4. The molecule has 134 heavy (non-hydrogen) atoms. The minimum atomic E-state index is -0.634. The number of aldehydes is 2. The topological polar surface area (TPSA) is 439 Å². The van der Waals surface area contributed by atoms with Crippen LogP contribution in [0.3, 0.4) is 0 Å². The summed E-state index contributed by atoms with van der Waals surface area (Å²) in [5.74, 6) is 2.90. The monoisotopic (exact) mass is 1910 g/mol. The molecule has 6 amide bonds. The number of nitrogens with two attached hydrogens (primary N) is 1. The molecule has 38 nitrogen and oxygen atoms in total. The van der Waals surface area contributed by atoms with Gasteiger partial charge in [-0.15, -0.1) is 6.42 Å². The molecule has 0 bridgehead atoms. The fraction of sp³-hybridized carbons (Fsp3) is 0.316. The average molecular weight is 1910 g/mol. The molecular weight excluding hydrogens is 1800 g/mol. The molecular formula is C95H113N20O18Y-. The zero-order valence-electron chi connectivity index (χ0n) is 77.0. The van der Waals surface area contributed by atoms with E-state index in [0.717, 1.165) is 59.5 Å². The van der Waals surface area contributed by atoms with Crippen LogP contribution in [0.1, 0.15) is 74.5 Å². The predicted octanol–water partition coefficient (Wildman–Crippen LogP) is 13.6. The van der Waals surface area contributed by atoms with Gasteiger partial charge in [-0.3, -0.25) is 39.4 Å². The molecule has 4 aromatic heterocycles. The number of ether oxygens (including phenoxy) is 10. The first-order valence-corrected chi connectivity index (χ1v) is 42.4. The van der Waals surface area contributed by atoms with E-state index >= 15 is 0 Å². The quantitative estimate of drug-likeness (QED) is 0.0108. The van der Waals surface area contributed by atoms with Gasteiger partial charge in [0.25, 0.3) is 0 Å². The molecule has 10 aromatic rings. The molecule has 0 aliphatic carbocycles. The molecule has 1 radical (unpaired) electrons. The number of nitrogens with zero attached hydrogens (tertiary/aromatic N) is 12. The third-order valence-electron chi connectivity index (χ3n) is 19.8. The maximum absolute atomic E-state index is 12.2. The van der Waals surface area contributed by atoms with E-state index < -0.39 is 23.4 Å². The number of hydrogen-bond donors (Lipinski definition) is 8. The first-order chi connectivity index (χ1) is 64.0. The molecule has 0 spiro atoms. The van der Waals surface area contributed by atoms with Gasteiger partial charge in [-0.2, -0.15) is 15.2 Å². The summed E-state index contributed by atoms with van der Waals surface area (Å²) in [4.78, 5) is 121. The summed E-state index contributed by atoms with van der Waals surface area (Å²) in [6, 6.07) is 36.5. The van der Waals surface area contributed by atoms with Crippen molar-refractivity contribution in [3.8, 4) is 57.1 Å². The molecule has 4 saturated heterocycles. The van der Waals surface area contributed by atoms with E-state index in [4.69, 9.17) is 53.1 Å². The van der Waals surface area contributed by atoms with Crippen molar-refractivity contribution in [3.63, 3.8) is 0 Å². The molecule has 8 heterocycles. The molecule has 39 heteroatoms. The number of benzene rings is 6. The van der Waals surface area contributed by atoms with Gasteiger partial charge in [-0.1, -0.05) is 80.4 Å². The third-order valence-corrected chi connectivity index (χ3v) is 19.8. The van der Waals surface area contributed by atoms with Gasteiger partial charge in [0.15, 0.2) is 30.1 Å². The van der Waals surface area contributed by atoms with E-state index in [0.29, 0.717) is 201 Å². The van der Waals surface area contributed by atoms with Crippen LogP contribution in [0.15, 0.2) is 184 Å². The summed E-state index contributed by atoms with van der Waals surface area (Å²) in [6.45, 7) is 37.1. The van der Waals surface area contributed by atoms with Crippen LogP contribution >= 0.6 is 0 Å². The minimum absolute atomic E-state index is 0. The summed E-state index contributed by atoms with van der Waals surface area (Å²) in [7, 11) is 6.17. The number of rotatable bonds is 26. The summed E-state index contributed by atoms with van der Waals surface area (Å²) in [5.41, 5.74) is 15.9. The largest absolute Gasteiger partial charge is 0.495 e. The van der Waals surface area contributed by atoms with Crippen molar-refractivity contribution >= 4 is 123 Å². The molecule has 0 atom stereocenters. The average Bonchev–Trinajstić information content (AvgIpc) is 1.25. The predicted molar refractivity (Wildman–Crippen MR) is 511 cm³/mol. The molecule has 4 aliphatic rings. The fourth-order valence-electron chi connectivity index (χ4n) is 13.6. The van der Waals surface area contributed by atoms with E-state index in [1.807, 2.05) is 79.7 Å². The first kappa shape index (κ1) is 104. The van der Waals surface area contributed by atoms with Crippen LogP contribution in [0.4, 0.5) is 83.8 Å². The summed E-state index contributed by atoms with van der Waals surface area (Å²) >= 11 is 0. The summed E-state index contributed by atoms with van der Waals surface area (Å²) in [6.07, 6.45) is 10.7. The van der Waals surface area contributed by atoms with Crippen LogP contribution in [0.5, 0.6) is 23.0 Å². The minimum Gasteiger partial charge on any atom is -0.495 e. The second-order valence-electron chi connectivity index (χ2n) is 31.4. The molecule has 6 aromatic carbocycles. The Kier molecular flexibility index (Phi) is 39.0. The Morgan fingerprint density at radius 3 is 1.13 bits per heavy atom. The number of anilines is 13. The zero-order chi connectivity index (χ0) is 95.7. The summed E-state index contributed by atoms with van der Waals surface area (Å²) in [5, 5.41) is 28.9. The SMILES string of the molecule is C=CC(=O)Nc1cc(N)c(OC)cc1N1CCOCC1.C=CC(=O)Nc1cc(NC(=O)OC(C)(C)C)c(OC)cc1N1CCOCC1.C=CC(=O)Nc1cc(Nc2nccc(-n3cc(C=O)c(-c4ccccc4)n3)n2)c(OC)cc1N1CCOCC1.Cc1nccc(-n2cc(C=O)c(-c3ccccc3)n2)n1.[CH2-]CC(=O)Nc1cc(NC(=O)OC(C)(C)C)c(OC)cc1N1CCOCC1.[Y]. The van der Waals surface area contributed by atoms with Crippen molar-refractivity contribution < 1.29 is 118 Å². The van der Waals surface area contributed by atoms with Crippen molar-refractivity contribution in [1.82, 2.24) is 39.5 Å². The Labute approximate surface area is 802 Å². The molecule has 0 saturated carbocycles. The van der Waals surface area contributed by atoms with Crippen molar-refractivity contribution in [3.05, 3.63) is 208 Å². The normalized spacial score (nSPS) is 13.3. The number of nitrogens with one attached hydrogen (secondary N) is 7. The number of amides is 6. The Morgan fingerprint density at radius 2 is 0.784 bits per heavy atom. The van der Waals surface area contributed by atoms with Gasteiger partial charge in [-0.05, 0) is 91.0 Å². The van der Waals surface area contributed by atoms with E-state index in [-0.39, 0.29) is 68.7 Å². The zero-order valence-corrected chi connectivity index (χ0v) is 79.8. The van der Waals surface area contributed by atoms with Gasteiger partial charge < -0.3 is 106 Å². The smallest absolute Gasteiger partial charge is 0.412 e. The number of carbonyl (C=O) groups is 8. The molecule has 4 aliphatic heterocycles. The van der Waals surface area contributed by atoms with Crippen LogP contribution in [-0.2, 0) is 80.3 Å². The van der Waals surface area contributed by atoms with Crippen molar-refractivity contribution in [1.29, 1.82) is 0 Å². The van der Waals surface area contributed by atoms with E-state index in [9.17, 15) is 38.4 Å². The number of nitrogen functional groups attached to an aromatic ring is 1. The first-order valence-electron chi connectivity index (χ1n) is 42.4. The van der Waals surface area contributed by atoms with Gasteiger partial charge in [0.1, 0.15) is 51.4 Å². The Morgan fingerprint density at radius 1 is 0.448 bits per heavy atom. The van der Waals surface area contributed by atoms with Crippen molar-refractivity contribution in [2.45, 2.75) is 66.1 Å². The molecule has 9 N–H and O–H groups in total. The third kappa shape index (κ3) is 29.9. The Hall–Kier alpha value is -14.2. The van der Waals surface area contributed by atoms with Crippen LogP contribution in [-0.4, -0.2) is 233 Å². The van der Waals surface area contributed by atoms with Crippen molar-refractivity contribution in [2.75, 3.05) is 196 Å². The number of carbonyl (C=O) groups excluding carboxylic acids is 8. The molecule has 14 rings (SSSR count). The number of morpholine rings is 4. The van der Waals surface area contributed by atoms with Crippen molar-refractivity contribution in [2.24, 2.45) is 0 Å². The van der Waals surface area contributed by atoms with Crippen LogP contribution in [0.2, 0.25) is 0 Å². The van der Waals surface area contributed by atoms with Gasteiger partial charge in [0.05, 0.1) is 161 Å². The molecule has 705 valence electrons. The van der Waals surface area contributed by atoms with Crippen LogP contribution in [0, 0.1) is 13.8 Å². The molecule has 4 fully saturated rings. The van der Waals surface area contributed by atoms with Gasteiger partial charge >= 0.3 is 12.2 Å². The number of aromatic nitrogens is 8. The van der Waals surface area contributed by atoms with E-state index in [2.05, 4.69) is 114 Å². The second kappa shape index (κ2) is 50.4. The van der Waals surface area contributed by atoms with Gasteiger partial charge in [0.2, 0.25) is 23.7 Å². The Balaban J connectivity index is 0.000000192. The van der Waals surface area contributed by atoms with Gasteiger partial charge in [0, 0.05) is 157 Å². The van der Waals surface area contributed by atoms with Crippen LogP contribution in [0.25, 0.3) is 34.2 Å². The number of aryl methyl sites for hydroxylation is 1. The number of hydrogen-bond acceptors (Lipinski definition) is 30. The maximum atomic E-state index is 12.2. The Bertz CT molecular complexity index is 5710. The summed E-state index contributed by atoms with van der Waals surface area (Å²) < 4.78 is 57.1. The van der Waals surface area contributed by atoms with Crippen LogP contribution < -0.4 is 81.5 Å². The fourth-order valence-corrected chi connectivity index (χ4v) is 13.6. The van der Waals surface area contributed by atoms with E-state index in [1.54, 1.807) is 134 Å².